The summed E-state index contributed by atoms with van der Waals surface area (Å²) in [5.74, 6) is -0.104. The van der Waals surface area contributed by atoms with Crippen molar-refractivity contribution in [2.45, 2.75) is 97.4 Å². The van der Waals surface area contributed by atoms with Gasteiger partial charge in [0.25, 0.3) is 0 Å². The van der Waals surface area contributed by atoms with E-state index < -0.39 is 5.60 Å². The Balaban J connectivity index is 2.12. The van der Waals surface area contributed by atoms with Crippen molar-refractivity contribution < 1.29 is 24.2 Å². The Morgan fingerprint density at radius 2 is 1.93 bits per heavy atom. The summed E-state index contributed by atoms with van der Waals surface area (Å²) in [5, 5.41) is 11.4. The maximum atomic E-state index is 11.5. The van der Waals surface area contributed by atoms with Crippen LogP contribution < -0.4 is 0 Å². The third-order valence-electron chi connectivity index (χ3n) is 7.17. The van der Waals surface area contributed by atoms with Crippen molar-refractivity contribution in [1.29, 1.82) is 0 Å². The zero-order valence-electron chi connectivity index (χ0n) is 18.8. The Morgan fingerprint density at radius 3 is 2.48 bits per heavy atom. The van der Waals surface area contributed by atoms with Gasteiger partial charge in [-0.3, -0.25) is 9.59 Å². The predicted molar refractivity (Wildman–Crippen MR) is 113 cm³/mol. The molecule has 0 aromatic rings. The first-order valence-corrected chi connectivity index (χ1v) is 10.8. The number of fused-ring (bicyclic) bond motifs is 1. The molecule has 0 unspecified atom stereocenters. The third kappa shape index (κ3) is 5.71. The number of rotatable bonds is 7. The zero-order chi connectivity index (χ0) is 22.0. The van der Waals surface area contributed by atoms with Gasteiger partial charge in [-0.05, 0) is 87.2 Å². The van der Waals surface area contributed by atoms with Crippen LogP contribution in [0.3, 0.4) is 0 Å². The van der Waals surface area contributed by atoms with Crippen molar-refractivity contribution in [1.82, 2.24) is 0 Å². The van der Waals surface area contributed by atoms with Crippen LogP contribution in [0.25, 0.3) is 0 Å². The summed E-state index contributed by atoms with van der Waals surface area (Å²) in [6, 6.07) is 0. The molecule has 2 aliphatic carbocycles. The summed E-state index contributed by atoms with van der Waals surface area (Å²) in [6.07, 6.45) is 4.97. The normalized spacial score (nSPS) is 32.5. The standard InChI is InChI=1S/C24H38O5/c1-15(2)21(28-17(4)25)11-13-24(7,27)20-10-12-23(6)14-22(29-18(5)26)16(3)8-9-19(20)23/h19-22,27H,1,3,8-14H2,2,4-7H3/t19-,20-,21-,22-,23+,24-/m0/s1. The topological polar surface area (TPSA) is 72.8 Å². The molecule has 29 heavy (non-hydrogen) atoms. The van der Waals surface area contributed by atoms with E-state index in [0.29, 0.717) is 18.8 Å². The van der Waals surface area contributed by atoms with Crippen LogP contribution in [-0.2, 0) is 19.1 Å². The molecule has 164 valence electrons. The summed E-state index contributed by atoms with van der Waals surface area (Å²) >= 11 is 0. The Hall–Kier alpha value is -1.62. The summed E-state index contributed by atoms with van der Waals surface area (Å²) < 4.78 is 10.9. The molecule has 2 aliphatic rings. The fraction of sp³-hybridized carbons (Fsp3) is 0.750. The highest BCUT2D eigenvalue weighted by Crippen LogP contribution is 2.58. The first-order valence-electron chi connectivity index (χ1n) is 10.8. The van der Waals surface area contributed by atoms with Gasteiger partial charge in [-0.15, -0.1) is 0 Å². The Labute approximate surface area is 175 Å². The van der Waals surface area contributed by atoms with Crippen LogP contribution in [0.1, 0.15) is 79.6 Å². The van der Waals surface area contributed by atoms with Gasteiger partial charge in [0, 0.05) is 13.8 Å². The lowest BCUT2D eigenvalue weighted by atomic mass is 9.68. The van der Waals surface area contributed by atoms with Crippen LogP contribution in [-0.4, -0.2) is 34.9 Å². The number of hydrogen-bond donors (Lipinski definition) is 1. The summed E-state index contributed by atoms with van der Waals surface area (Å²) in [6.45, 7) is 17.0. The van der Waals surface area contributed by atoms with Crippen molar-refractivity contribution in [2.24, 2.45) is 17.3 Å². The number of esters is 2. The van der Waals surface area contributed by atoms with Gasteiger partial charge < -0.3 is 14.6 Å². The highest BCUT2D eigenvalue weighted by Gasteiger charge is 2.53. The molecule has 0 heterocycles. The smallest absolute Gasteiger partial charge is 0.303 e. The van der Waals surface area contributed by atoms with Crippen molar-refractivity contribution in [3.05, 3.63) is 24.3 Å². The molecule has 1 N–H and O–H groups in total. The van der Waals surface area contributed by atoms with Gasteiger partial charge in [-0.25, -0.2) is 0 Å². The van der Waals surface area contributed by atoms with Crippen molar-refractivity contribution >= 4 is 11.9 Å². The molecule has 0 radical (unpaired) electrons. The first kappa shape index (κ1) is 23.7. The van der Waals surface area contributed by atoms with E-state index in [1.165, 1.54) is 13.8 Å². The number of carbonyl (C=O) groups excluding carboxylic acids is 2. The molecule has 0 saturated heterocycles. The van der Waals surface area contributed by atoms with Gasteiger partial charge in [0.05, 0.1) is 5.60 Å². The average Bonchev–Trinajstić information content (AvgIpc) is 2.86. The second-order valence-corrected chi connectivity index (χ2v) is 9.75. The molecule has 0 spiro atoms. The van der Waals surface area contributed by atoms with Gasteiger partial charge in [-0.1, -0.05) is 20.1 Å². The molecular weight excluding hydrogens is 368 g/mol. The molecule has 0 aromatic carbocycles. The van der Waals surface area contributed by atoms with E-state index >= 15 is 0 Å². The highest BCUT2D eigenvalue weighted by atomic mass is 16.5. The molecule has 0 amide bonds. The second kappa shape index (κ2) is 9.03. The maximum Gasteiger partial charge on any atom is 0.303 e. The van der Waals surface area contributed by atoms with Crippen LogP contribution >= 0.6 is 0 Å². The molecule has 6 atom stereocenters. The molecule has 0 aromatic heterocycles. The first-order chi connectivity index (χ1) is 13.4. The lowest BCUT2D eigenvalue weighted by Crippen LogP contribution is -2.41. The average molecular weight is 407 g/mol. The number of aliphatic hydroxyl groups is 1. The Bertz CT molecular complexity index is 664. The molecule has 2 fully saturated rings. The molecule has 2 rings (SSSR count). The maximum absolute atomic E-state index is 11.5. The molecule has 5 nitrogen and oxygen atoms in total. The van der Waals surface area contributed by atoms with E-state index in [1.807, 2.05) is 13.8 Å². The van der Waals surface area contributed by atoms with Crippen LogP contribution in [0, 0.1) is 17.3 Å². The van der Waals surface area contributed by atoms with Crippen LogP contribution in [0.15, 0.2) is 24.3 Å². The lowest BCUT2D eigenvalue weighted by molar-refractivity contribution is -0.146. The lowest BCUT2D eigenvalue weighted by Gasteiger charge is -2.40. The molecule has 0 aliphatic heterocycles. The van der Waals surface area contributed by atoms with E-state index in [2.05, 4.69) is 20.1 Å². The van der Waals surface area contributed by atoms with E-state index in [1.54, 1.807) is 0 Å². The van der Waals surface area contributed by atoms with Crippen LogP contribution in [0.2, 0.25) is 0 Å². The second-order valence-electron chi connectivity index (χ2n) is 9.75. The van der Waals surface area contributed by atoms with Gasteiger partial charge in [-0.2, -0.15) is 0 Å². The fourth-order valence-electron chi connectivity index (χ4n) is 5.52. The number of ether oxygens (including phenoxy) is 2. The molecule has 5 heteroatoms. The molecular formula is C24H38O5. The number of hydrogen-bond acceptors (Lipinski definition) is 5. The zero-order valence-corrected chi connectivity index (χ0v) is 18.8. The van der Waals surface area contributed by atoms with Gasteiger partial charge in [0.15, 0.2) is 0 Å². The largest absolute Gasteiger partial charge is 0.458 e. The highest BCUT2D eigenvalue weighted by molar-refractivity contribution is 5.66. The van der Waals surface area contributed by atoms with E-state index in [-0.39, 0.29) is 35.5 Å². The quantitative estimate of drug-likeness (QED) is 0.489. The summed E-state index contributed by atoms with van der Waals surface area (Å²) in [5.41, 5.74) is 0.921. The van der Waals surface area contributed by atoms with Gasteiger partial charge in [0.1, 0.15) is 12.2 Å². The number of carbonyl (C=O) groups is 2. The van der Waals surface area contributed by atoms with E-state index in [9.17, 15) is 14.7 Å². The third-order valence-corrected chi connectivity index (χ3v) is 7.17. The SMILES string of the molecule is C=C(C)[C@H](CC[C@](C)(O)[C@H]1CC[C@]2(C)C[C@H](OC(C)=O)C(=C)CC[C@@H]12)OC(C)=O. The van der Waals surface area contributed by atoms with Crippen LogP contribution in [0.5, 0.6) is 0 Å². The van der Waals surface area contributed by atoms with Crippen molar-refractivity contribution in [2.75, 3.05) is 0 Å². The molecule has 2 saturated carbocycles. The van der Waals surface area contributed by atoms with Crippen molar-refractivity contribution in [3.63, 3.8) is 0 Å². The Kier molecular flexibility index (Phi) is 7.37. The van der Waals surface area contributed by atoms with E-state index in [0.717, 1.165) is 43.3 Å². The monoisotopic (exact) mass is 406 g/mol. The molecule has 0 bridgehead atoms. The van der Waals surface area contributed by atoms with Gasteiger partial charge in [0.2, 0.25) is 0 Å². The minimum atomic E-state index is -0.862. The minimum Gasteiger partial charge on any atom is -0.458 e. The predicted octanol–water partition coefficient (Wildman–Crippen LogP) is 4.73. The summed E-state index contributed by atoms with van der Waals surface area (Å²) in [4.78, 5) is 22.9. The van der Waals surface area contributed by atoms with Crippen molar-refractivity contribution in [3.8, 4) is 0 Å². The minimum absolute atomic E-state index is 0.0118. The van der Waals surface area contributed by atoms with Gasteiger partial charge >= 0.3 is 11.9 Å². The summed E-state index contributed by atoms with van der Waals surface area (Å²) in [7, 11) is 0. The van der Waals surface area contributed by atoms with Crippen LogP contribution in [0.4, 0.5) is 0 Å². The fourth-order valence-corrected chi connectivity index (χ4v) is 5.52. The van der Waals surface area contributed by atoms with E-state index in [4.69, 9.17) is 9.47 Å². The Morgan fingerprint density at radius 1 is 1.28 bits per heavy atom.